The fourth-order valence-corrected chi connectivity index (χ4v) is 2.78. The van der Waals surface area contributed by atoms with Crippen molar-refractivity contribution in [1.29, 1.82) is 0 Å². The van der Waals surface area contributed by atoms with Gasteiger partial charge in [-0.2, -0.15) is 0 Å². The summed E-state index contributed by atoms with van der Waals surface area (Å²) in [5.41, 5.74) is 0.970. The maximum Gasteiger partial charge on any atom is 0.335 e. The molecule has 0 unspecified atom stereocenters. The highest BCUT2D eigenvalue weighted by molar-refractivity contribution is 7.91. The fourth-order valence-electron chi connectivity index (χ4n) is 2.15. The first-order valence-corrected chi connectivity index (χ1v) is 9.51. The normalized spacial score (nSPS) is 12.8. The van der Waals surface area contributed by atoms with Gasteiger partial charge in [-0.05, 0) is 12.0 Å². The van der Waals surface area contributed by atoms with Crippen LogP contribution in [0.4, 0.5) is 0 Å². The summed E-state index contributed by atoms with van der Waals surface area (Å²) in [4.78, 5) is 12.0. The molecule has 1 heterocycles. The van der Waals surface area contributed by atoms with Crippen molar-refractivity contribution >= 4 is 15.7 Å². The molecule has 1 aromatic carbocycles. The number of sulfone groups is 1. The van der Waals surface area contributed by atoms with Crippen LogP contribution in [-0.2, 0) is 21.1 Å². The highest BCUT2D eigenvalue weighted by Gasteiger charge is 2.25. The van der Waals surface area contributed by atoms with E-state index in [9.17, 15) is 13.2 Å². The highest BCUT2D eigenvalue weighted by Crippen LogP contribution is 2.20. The molecule has 1 amide bonds. The monoisotopic (exact) mass is 351 g/mol. The molecule has 8 heteroatoms. The zero-order valence-corrected chi connectivity index (χ0v) is 14.5. The number of nitrogens with one attached hydrogen (secondary N) is 1. The number of hydrogen-bond acceptors (Lipinski definition) is 6. The van der Waals surface area contributed by atoms with Crippen LogP contribution in [0.25, 0.3) is 0 Å². The second kappa shape index (κ2) is 8.05. The summed E-state index contributed by atoms with van der Waals surface area (Å²) in [6.07, 6.45) is 1.52. The number of rotatable bonds is 8. The van der Waals surface area contributed by atoms with E-state index in [1.54, 1.807) is 0 Å². The second-order valence-electron chi connectivity index (χ2n) is 5.37. The maximum atomic E-state index is 12.0. The van der Waals surface area contributed by atoms with Crippen molar-refractivity contribution in [1.82, 2.24) is 15.5 Å². The van der Waals surface area contributed by atoms with Crippen molar-refractivity contribution in [3.63, 3.8) is 0 Å². The van der Waals surface area contributed by atoms with Crippen molar-refractivity contribution in [3.05, 3.63) is 41.8 Å². The molecule has 0 saturated carbocycles. The number of amides is 1. The fraction of sp³-hybridized carbons (Fsp3) is 0.438. The van der Waals surface area contributed by atoms with E-state index in [0.717, 1.165) is 5.56 Å². The third-order valence-corrected chi connectivity index (χ3v) is 4.92. The lowest BCUT2D eigenvalue weighted by molar-refractivity contribution is -0.122. The Bertz CT molecular complexity index is 772. The van der Waals surface area contributed by atoms with Gasteiger partial charge in [0.25, 0.3) is 0 Å². The molecule has 1 N–H and O–H groups in total. The summed E-state index contributed by atoms with van der Waals surface area (Å²) in [7, 11) is -3.58. The van der Waals surface area contributed by atoms with Gasteiger partial charge in [-0.25, -0.2) is 8.42 Å². The Morgan fingerprint density at radius 3 is 2.54 bits per heavy atom. The predicted octanol–water partition coefficient (Wildman–Crippen LogP) is 2.06. The van der Waals surface area contributed by atoms with Gasteiger partial charge in [-0.1, -0.05) is 49.3 Å². The van der Waals surface area contributed by atoms with Gasteiger partial charge in [-0.15, -0.1) is 5.10 Å². The first-order valence-electron chi connectivity index (χ1n) is 7.85. The van der Waals surface area contributed by atoms with Crippen LogP contribution in [0.2, 0.25) is 0 Å². The molecule has 0 saturated heterocycles. The smallest absolute Gasteiger partial charge is 0.335 e. The summed E-state index contributed by atoms with van der Waals surface area (Å²) >= 11 is 0. The third-order valence-electron chi connectivity index (χ3n) is 3.46. The molecule has 0 aliphatic carbocycles. The van der Waals surface area contributed by atoms with Crippen molar-refractivity contribution in [2.75, 3.05) is 5.75 Å². The zero-order valence-electron chi connectivity index (χ0n) is 13.7. The molecule has 2 rings (SSSR count). The second-order valence-corrected chi connectivity index (χ2v) is 7.53. The largest absolute Gasteiger partial charge is 0.410 e. The van der Waals surface area contributed by atoms with Gasteiger partial charge in [0.15, 0.2) is 0 Å². The van der Waals surface area contributed by atoms with Crippen LogP contribution in [0.5, 0.6) is 0 Å². The average Bonchev–Trinajstić information content (AvgIpc) is 3.06. The van der Waals surface area contributed by atoms with E-state index >= 15 is 0 Å². The minimum absolute atomic E-state index is 0.0929. The Morgan fingerprint density at radius 1 is 1.21 bits per heavy atom. The van der Waals surface area contributed by atoms with Crippen LogP contribution in [0.1, 0.15) is 44.2 Å². The van der Waals surface area contributed by atoms with E-state index in [1.807, 2.05) is 37.3 Å². The van der Waals surface area contributed by atoms with Crippen LogP contribution < -0.4 is 5.32 Å². The number of aromatic nitrogens is 2. The van der Waals surface area contributed by atoms with Gasteiger partial charge in [0, 0.05) is 12.8 Å². The van der Waals surface area contributed by atoms with E-state index in [1.165, 1.54) is 6.92 Å². The van der Waals surface area contributed by atoms with E-state index in [-0.39, 0.29) is 17.6 Å². The van der Waals surface area contributed by atoms with Gasteiger partial charge >= 0.3 is 5.22 Å². The summed E-state index contributed by atoms with van der Waals surface area (Å²) in [5, 5.41) is 9.87. The van der Waals surface area contributed by atoms with Crippen molar-refractivity contribution in [2.45, 2.75) is 44.4 Å². The SMILES string of the molecule is CCCC(=O)N[C@@H](Cc1ccccc1)c1nnc(S(=O)(=O)CC)o1. The summed E-state index contributed by atoms with van der Waals surface area (Å²) < 4.78 is 29.0. The highest BCUT2D eigenvalue weighted by atomic mass is 32.2. The molecule has 7 nitrogen and oxygen atoms in total. The average molecular weight is 351 g/mol. The van der Waals surface area contributed by atoms with E-state index < -0.39 is 21.1 Å². The van der Waals surface area contributed by atoms with Crippen LogP contribution in [0.3, 0.4) is 0 Å². The van der Waals surface area contributed by atoms with Gasteiger partial charge < -0.3 is 9.73 Å². The Balaban J connectivity index is 2.26. The van der Waals surface area contributed by atoms with Crippen LogP contribution >= 0.6 is 0 Å². The summed E-state index contributed by atoms with van der Waals surface area (Å²) in [6, 6.07) is 8.94. The molecule has 24 heavy (non-hydrogen) atoms. The van der Waals surface area contributed by atoms with E-state index in [0.29, 0.717) is 19.3 Å². The predicted molar refractivity (Wildman–Crippen MR) is 88.0 cm³/mol. The molecule has 1 aromatic heterocycles. The molecule has 0 aliphatic rings. The molecule has 0 fully saturated rings. The third kappa shape index (κ3) is 4.64. The molecule has 130 valence electrons. The molecule has 0 bridgehead atoms. The number of carbonyl (C=O) groups excluding carboxylic acids is 1. The Kier molecular flexibility index (Phi) is 6.08. The quantitative estimate of drug-likeness (QED) is 0.781. The lowest BCUT2D eigenvalue weighted by Crippen LogP contribution is -2.30. The lowest BCUT2D eigenvalue weighted by atomic mass is 10.1. The number of nitrogens with zero attached hydrogens (tertiary/aromatic N) is 2. The molecular weight excluding hydrogens is 330 g/mol. The zero-order chi connectivity index (χ0) is 17.6. The summed E-state index contributed by atoms with van der Waals surface area (Å²) in [6.45, 7) is 3.41. The standard InChI is InChI=1S/C16H21N3O4S/c1-3-8-14(20)17-13(11-12-9-6-5-7-10-12)15-18-19-16(23-15)24(21,22)4-2/h5-7,9-10,13H,3-4,8,11H2,1-2H3,(H,17,20)/t13-/m0/s1. The van der Waals surface area contributed by atoms with Crippen LogP contribution in [0.15, 0.2) is 40.0 Å². The van der Waals surface area contributed by atoms with Crippen molar-refractivity contribution in [2.24, 2.45) is 0 Å². The number of hydrogen-bond donors (Lipinski definition) is 1. The molecule has 0 radical (unpaired) electrons. The van der Waals surface area contributed by atoms with Gasteiger partial charge in [0.05, 0.1) is 5.75 Å². The summed E-state index contributed by atoms with van der Waals surface area (Å²) in [5.74, 6) is -0.174. The van der Waals surface area contributed by atoms with Crippen LogP contribution in [-0.4, -0.2) is 30.3 Å². The first-order chi connectivity index (χ1) is 11.5. The van der Waals surface area contributed by atoms with Gasteiger partial charge in [-0.3, -0.25) is 4.79 Å². The Hall–Kier alpha value is -2.22. The van der Waals surface area contributed by atoms with Gasteiger partial charge in [0.1, 0.15) is 6.04 Å². The van der Waals surface area contributed by atoms with Crippen molar-refractivity contribution < 1.29 is 17.6 Å². The number of benzene rings is 1. The minimum atomic E-state index is -3.58. The molecule has 1 atom stereocenters. The first kappa shape index (κ1) is 18.1. The molecule has 2 aromatic rings. The van der Waals surface area contributed by atoms with Gasteiger partial charge in [0.2, 0.25) is 21.6 Å². The lowest BCUT2D eigenvalue weighted by Gasteiger charge is -2.15. The minimum Gasteiger partial charge on any atom is -0.410 e. The number of carbonyl (C=O) groups is 1. The Labute approximate surface area is 141 Å². The van der Waals surface area contributed by atoms with Crippen molar-refractivity contribution in [3.8, 4) is 0 Å². The molecule has 0 spiro atoms. The van der Waals surface area contributed by atoms with E-state index in [2.05, 4.69) is 15.5 Å². The molecule has 0 aliphatic heterocycles. The topological polar surface area (TPSA) is 102 Å². The maximum absolute atomic E-state index is 12.0. The Morgan fingerprint density at radius 2 is 1.92 bits per heavy atom. The van der Waals surface area contributed by atoms with Crippen LogP contribution in [0, 0.1) is 0 Å². The van der Waals surface area contributed by atoms with E-state index in [4.69, 9.17) is 4.42 Å². The molecular formula is C16H21N3O4S.